The molecule has 1 N–H and O–H groups in total. The number of nitrogens with one attached hydrogen (secondary N) is 1. The monoisotopic (exact) mass is 447 g/mol. The minimum absolute atomic E-state index is 0.0917. The lowest BCUT2D eigenvalue weighted by Crippen LogP contribution is -2.46. The number of esters is 1. The Labute approximate surface area is 157 Å². The van der Waals surface area contributed by atoms with Gasteiger partial charge in [0.1, 0.15) is 12.6 Å². The number of carbonyl (C=O) groups is 2. The molecule has 0 bridgehead atoms. The van der Waals surface area contributed by atoms with Crippen LogP contribution in [0.25, 0.3) is 0 Å². The third-order valence-electron chi connectivity index (χ3n) is 3.37. The molecule has 0 spiro atoms. The number of alkyl halides is 1. The van der Waals surface area contributed by atoms with E-state index >= 15 is 0 Å². The van der Waals surface area contributed by atoms with E-state index in [-0.39, 0.29) is 17.9 Å². The summed E-state index contributed by atoms with van der Waals surface area (Å²) in [4.78, 5) is 24.2. The van der Waals surface area contributed by atoms with Crippen LogP contribution >= 0.6 is 22.6 Å². The molecule has 1 atom stereocenters. The lowest BCUT2D eigenvalue weighted by Gasteiger charge is -2.25. The van der Waals surface area contributed by atoms with Gasteiger partial charge < -0.3 is 14.8 Å². The highest BCUT2D eigenvalue weighted by Gasteiger charge is 2.28. The minimum Gasteiger partial charge on any atom is -0.464 e. The Morgan fingerprint density at radius 3 is 2.33 bits per heavy atom. The van der Waals surface area contributed by atoms with E-state index in [1.54, 1.807) is 0 Å². The van der Waals surface area contributed by atoms with Gasteiger partial charge in [0.15, 0.2) is 0 Å². The van der Waals surface area contributed by atoms with Crippen molar-refractivity contribution in [2.45, 2.75) is 40.3 Å². The van der Waals surface area contributed by atoms with Gasteiger partial charge in [-0.3, -0.25) is 0 Å². The third kappa shape index (κ3) is 7.51. The topological polar surface area (TPSA) is 64.6 Å². The minimum atomic E-state index is -0.724. The normalized spacial score (nSPS) is 12.6. The first kappa shape index (κ1) is 20.7. The number of amides is 1. The number of ether oxygens (including phenoxy) is 2. The zero-order chi connectivity index (χ0) is 18.2. The van der Waals surface area contributed by atoms with Crippen LogP contribution in [0.2, 0.25) is 0 Å². The second-order valence-corrected chi connectivity index (χ2v) is 7.60. The second-order valence-electron chi connectivity index (χ2n) is 6.83. The molecular weight excluding hydrogens is 421 g/mol. The third-order valence-corrected chi connectivity index (χ3v) is 5.44. The molecule has 24 heavy (non-hydrogen) atoms. The fourth-order valence-corrected chi connectivity index (χ4v) is 2.00. The van der Waals surface area contributed by atoms with Gasteiger partial charge in [0.25, 0.3) is 0 Å². The molecule has 0 aliphatic carbocycles. The van der Waals surface area contributed by atoms with Crippen LogP contribution in [0.15, 0.2) is 30.3 Å². The fourth-order valence-electron chi connectivity index (χ4n) is 1.78. The molecule has 0 fully saturated rings. The Bertz CT molecular complexity index is 531. The molecule has 0 radical (unpaired) electrons. The molecule has 0 saturated heterocycles. The first-order valence-electron chi connectivity index (χ1n) is 7.95. The highest BCUT2D eigenvalue weighted by Crippen LogP contribution is 2.19. The van der Waals surface area contributed by atoms with Gasteiger partial charge in [-0.1, -0.05) is 80.6 Å². The van der Waals surface area contributed by atoms with Crippen molar-refractivity contribution in [1.29, 1.82) is 0 Å². The van der Waals surface area contributed by atoms with Crippen LogP contribution in [0.5, 0.6) is 0 Å². The molecule has 5 nitrogen and oxygen atoms in total. The summed E-state index contributed by atoms with van der Waals surface area (Å²) in [7, 11) is 0. The van der Waals surface area contributed by atoms with Gasteiger partial charge in [-0.15, -0.1) is 0 Å². The molecule has 6 heteroatoms. The number of rotatable bonds is 8. The van der Waals surface area contributed by atoms with Crippen LogP contribution in [0.1, 0.15) is 33.3 Å². The number of carbonyl (C=O) groups excluding carboxylic acids is 2. The summed E-state index contributed by atoms with van der Waals surface area (Å²) < 4.78 is 11.4. The Morgan fingerprint density at radius 1 is 1.17 bits per heavy atom. The molecule has 1 aromatic carbocycles. The van der Waals surface area contributed by atoms with Crippen LogP contribution in [0.3, 0.4) is 0 Å². The molecule has 0 unspecified atom stereocenters. The smallest absolute Gasteiger partial charge is 0.408 e. The summed E-state index contributed by atoms with van der Waals surface area (Å²) in [5, 5.41) is 2.60. The number of halogens is 1. The van der Waals surface area contributed by atoms with E-state index in [0.29, 0.717) is 6.61 Å². The summed E-state index contributed by atoms with van der Waals surface area (Å²) in [6.45, 7) is 8.24. The van der Waals surface area contributed by atoms with Gasteiger partial charge in [-0.25, -0.2) is 9.59 Å². The standard InChI is InChI=1S/C18H26INO4/c1-13(2)15(16(21)24-12-18(3,4)11-19)20-17(22)23-10-14-8-6-5-7-9-14/h5-9,13,15H,10-12H2,1-4H3,(H,20,22)/t15-/m0/s1. The van der Waals surface area contributed by atoms with E-state index in [0.717, 1.165) is 9.99 Å². The van der Waals surface area contributed by atoms with Crippen molar-refractivity contribution >= 4 is 34.7 Å². The van der Waals surface area contributed by atoms with E-state index in [1.165, 1.54) is 0 Å². The second kappa shape index (κ2) is 9.86. The van der Waals surface area contributed by atoms with E-state index in [4.69, 9.17) is 9.47 Å². The Hall–Kier alpha value is -1.31. The van der Waals surface area contributed by atoms with Crippen molar-refractivity contribution < 1.29 is 19.1 Å². The first-order valence-corrected chi connectivity index (χ1v) is 9.47. The Kier molecular flexibility index (Phi) is 8.52. The van der Waals surface area contributed by atoms with Crippen LogP contribution in [-0.4, -0.2) is 29.1 Å². The quantitative estimate of drug-likeness (QED) is 0.373. The molecule has 0 saturated carbocycles. The molecule has 0 aliphatic heterocycles. The summed E-state index contributed by atoms with van der Waals surface area (Å²) in [6, 6.07) is 8.66. The van der Waals surface area contributed by atoms with Crippen LogP contribution < -0.4 is 5.32 Å². The van der Waals surface area contributed by atoms with Crippen molar-refractivity contribution in [1.82, 2.24) is 5.32 Å². The molecule has 1 amide bonds. The predicted molar refractivity (Wildman–Crippen MR) is 102 cm³/mol. The van der Waals surface area contributed by atoms with Gasteiger partial charge in [-0.05, 0) is 11.5 Å². The van der Waals surface area contributed by atoms with Crippen LogP contribution in [-0.2, 0) is 20.9 Å². The lowest BCUT2D eigenvalue weighted by atomic mass is 9.98. The number of benzene rings is 1. The molecule has 134 valence electrons. The number of hydrogen-bond acceptors (Lipinski definition) is 4. The molecule has 1 aromatic rings. The van der Waals surface area contributed by atoms with Gasteiger partial charge in [0, 0.05) is 9.84 Å². The van der Waals surface area contributed by atoms with Gasteiger partial charge in [-0.2, -0.15) is 0 Å². The predicted octanol–water partition coefficient (Wildman–Crippen LogP) is 3.94. The highest BCUT2D eigenvalue weighted by atomic mass is 127. The Morgan fingerprint density at radius 2 is 1.79 bits per heavy atom. The summed E-state index contributed by atoms with van der Waals surface area (Å²) in [5.74, 6) is -0.524. The van der Waals surface area contributed by atoms with E-state index in [2.05, 4.69) is 27.9 Å². The molecule has 0 aromatic heterocycles. The van der Waals surface area contributed by atoms with Crippen LogP contribution in [0.4, 0.5) is 4.79 Å². The first-order chi connectivity index (χ1) is 11.2. The number of alkyl carbamates (subject to hydrolysis) is 1. The maximum Gasteiger partial charge on any atom is 0.408 e. The van der Waals surface area contributed by atoms with E-state index in [1.807, 2.05) is 58.0 Å². The molecular formula is C18H26INO4. The largest absolute Gasteiger partial charge is 0.464 e. The van der Waals surface area contributed by atoms with Crippen molar-refractivity contribution in [3.63, 3.8) is 0 Å². The van der Waals surface area contributed by atoms with E-state index < -0.39 is 18.1 Å². The number of hydrogen-bond donors (Lipinski definition) is 1. The fraction of sp³-hybridized carbons (Fsp3) is 0.556. The highest BCUT2D eigenvalue weighted by molar-refractivity contribution is 14.1. The SMILES string of the molecule is CC(C)[C@H](NC(=O)OCc1ccccc1)C(=O)OCC(C)(C)CI. The molecule has 0 aliphatic rings. The van der Waals surface area contributed by atoms with E-state index in [9.17, 15) is 9.59 Å². The van der Waals surface area contributed by atoms with Gasteiger partial charge in [0.2, 0.25) is 0 Å². The van der Waals surface area contributed by atoms with Crippen molar-refractivity contribution in [2.75, 3.05) is 11.0 Å². The average Bonchev–Trinajstić information content (AvgIpc) is 2.56. The molecule has 1 rings (SSSR count). The van der Waals surface area contributed by atoms with Crippen molar-refractivity contribution in [3.05, 3.63) is 35.9 Å². The maximum atomic E-state index is 12.3. The van der Waals surface area contributed by atoms with Gasteiger partial charge >= 0.3 is 12.1 Å². The zero-order valence-electron chi connectivity index (χ0n) is 14.7. The summed E-state index contributed by atoms with van der Waals surface area (Å²) in [6.07, 6.45) is -0.623. The zero-order valence-corrected chi connectivity index (χ0v) is 16.8. The molecule has 0 heterocycles. The van der Waals surface area contributed by atoms with Crippen LogP contribution in [0, 0.1) is 11.3 Å². The Balaban J connectivity index is 2.52. The van der Waals surface area contributed by atoms with Gasteiger partial charge in [0.05, 0.1) is 6.61 Å². The van der Waals surface area contributed by atoms with Crippen molar-refractivity contribution in [2.24, 2.45) is 11.3 Å². The summed E-state index contributed by atoms with van der Waals surface area (Å²) >= 11 is 2.26. The lowest BCUT2D eigenvalue weighted by molar-refractivity contribution is -0.149. The maximum absolute atomic E-state index is 12.3. The average molecular weight is 447 g/mol. The summed E-state index contributed by atoms with van der Waals surface area (Å²) in [5.41, 5.74) is 0.797. The van der Waals surface area contributed by atoms with Crippen molar-refractivity contribution in [3.8, 4) is 0 Å².